The molecule has 3 fully saturated rings. The van der Waals surface area contributed by atoms with Crippen LogP contribution in [0.1, 0.15) is 39.5 Å². The number of rotatable bonds is 6. The molecule has 4 atom stereocenters. The molecule has 2 saturated heterocycles. The predicted molar refractivity (Wildman–Crippen MR) is 99.4 cm³/mol. The van der Waals surface area contributed by atoms with Crippen molar-refractivity contribution in [3.63, 3.8) is 0 Å². The molecular weight excluding hydrogens is 312 g/mol. The molecule has 4 unspecified atom stereocenters. The quantitative estimate of drug-likeness (QED) is 0.673. The molecule has 0 aromatic carbocycles. The van der Waals surface area contributed by atoms with Crippen molar-refractivity contribution >= 4 is 0 Å². The fourth-order valence-corrected chi connectivity index (χ4v) is 5.02. The molecule has 0 aromatic heterocycles. The summed E-state index contributed by atoms with van der Waals surface area (Å²) in [6.45, 7) is 9.63. The first-order chi connectivity index (χ1) is 12.2. The van der Waals surface area contributed by atoms with Gasteiger partial charge in [-0.25, -0.2) is 0 Å². The number of hydrogen-bond acceptors (Lipinski definition) is 3. The second-order valence-electron chi connectivity index (χ2n) is 9.04. The number of fused-ring (bicyclic) bond motifs is 5. The molecule has 2 bridgehead atoms. The summed E-state index contributed by atoms with van der Waals surface area (Å²) in [7, 11) is 0. The van der Waals surface area contributed by atoms with Gasteiger partial charge in [0.25, 0.3) is 0 Å². The SMILES string of the molecule is C1=CC2C3C=CC(C3)C2C1.CCC1(COCC2(CC)COC2)COC1. The smallest absolute Gasteiger partial charge is 0.0566 e. The lowest BCUT2D eigenvalue weighted by Crippen LogP contribution is -2.49. The van der Waals surface area contributed by atoms with E-state index in [1.165, 1.54) is 12.8 Å². The number of allylic oxidation sites excluding steroid dienone is 4. The molecule has 2 heterocycles. The summed E-state index contributed by atoms with van der Waals surface area (Å²) in [5, 5.41) is 0. The van der Waals surface area contributed by atoms with Crippen molar-refractivity contribution in [2.45, 2.75) is 39.5 Å². The molecule has 0 spiro atoms. The van der Waals surface area contributed by atoms with Crippen molar-refractivity contribution in [2.24, 2.45) is 34.5 Å². The fraction of sp³-hybridized carbons (Fsp3) is 0.818. The van der Waals surface area contributed by atoms with E-state index in [2.05, 4.69) is 38.2 Å². The van der Waals surface area contributed by atoms with E-state index < -0.39 is 0 Å². The van der Waals surface area contributed by atoms with E-state index in [4.69, 9.17) is 14.2 Å². The summed E-state index contributed by atoms with van der Waals surface area (Å²) in [6, 6.07) is 0. The summed E-state index contributed by atoms with van der Waals surface area (Å²) >= 11 is 0. The lowest BCUT2D eigenvalue weighted by atomic mass is 9.83. The van der Waals surface area contributed by atoms with Crippen molar-refractivity contribution < 1.29 is 14.2 Å². The van der Waals surface area contributed by atoms with Gasteiger partial charge < -0.3 is 14.2 Å². The van der Waals surface area contributed by atoms with E-state index in [1.807, 2.05) is 0 Å². The Morgan fingerprint density at radius 3 is 1.96 bits per heavy atom. The molecule has 3 nitrogen and oxygen atoms in total. The molecule has 5 rings (SSSR count). The third-order valence-electron chi connectivity index (χ3n) is 7.40. The standard InChI is InChI=1S/C12H22O3.C10H12/c1-3-11(5-13-6-11)9-15-10-12(4-2)7-14-8-12;1-2-9-7-4-5-8(6-7)10(9)3-1/h3-10H2,1-2H3;1-2,4-5,7-10H,3,6H2. The zero-order valence-electron chi connectivity index (χ0n) is 15.9. The summed E-state index contributed by atoms with van der Waals surface area (Å²) in [5.74, 6) is 3.82. The zero-order chi connectivity index (χ0) is 17.3. The topological polar surface area (TPSA) is 27.7 Å². The van der Waals surface area contributed by atoms with Gasteiger partial charge in [0.05, 0.1) is 39.6 Å². The summed E-state index contributed by atoms with van der Waals surface area (Å²) in [4.78, 5) is 0. The first-order valence-corrected chi connectivity index (χ1v) is 10.3. The van der Waals surface area contributed by atoms with E-state index in [0.29, 0.717) is 10.8 Å². The highest BCUT2D eigenvalue weighted by atomic mass is 16.5. The van der Waals surface area contributed by atoms with Gasteiger partial charge in [0.2, 0.25) is 0 Å². The van der Waals surface area contributed by atoms with E-state index in [0.717, 1.165) is 76.2 Å². The van der Waals surface area contributed by atoms with Crippen LogP contribution in [-0.4, -0.2) is 39.6 Å². The van der Waals surface area contributed by atoms with Crippen molar-refractivity contribution in [2.75, 3.05) is 39.6 Å². The van der Waals surface area contributed by atoms with Gasteiger partial charge in [0.1, 0.15) is 0 Å². The minimum atomic E-state index is 0.319. The van der Waals surface area contributed by atoms with Gasteiger partial charge in [-0.2, -0.15) is 0 Å². The van der Waals surface area contributed by atoms with Crippen LogP contribution in [0.4, 0.5) is 0 Å². The van der Waals surface area contributed by atoms with Gasteiger partial charge >= 0.3 is 0 Å². The van der Waals surface area contributed by atoms with Gasteiger partial charge in [0, 0.05) is 10.8 Å². The number of ether oxygens (including phenoxy) is 3. The van der Waals surface area contributed by atoms with Gasteiger partial charge in [0.15, 0.2) is 0 Å². The first-order valence-electron chi connectivity index (χ1n) is 10.3. The highest BCUT2D eigenvalue weighted by Crippen LogP contribution is 2.52. The first kappa shape index (κ1) is 17.8. The van der Waals surface area contributed by atoms with Crippen LogP contribution in [0.2, 0.25) is 0 Å². The normalized spacial score (nSPS) is 37.8. The molecule has 2 aliphatic heterocycles. The van der Waals surface area contributed by atoms with Crippen molar-refractivity contribution in [1.29, 1.82) is 0 Å². The average molecular weight is 347 g/mol. The molecule has 0 aromatic rings. The molecule has 3 heteroatoms. The van der Waals surface area contributed by atoms with Crippen molar-refractivity contribution in [1.82, 2.24) is 0 Å². The van der Waals surface area contributed by atoms with Crippen LogP contribution in [0.25, 0.3) is 0 Å². The third-order valence-corrected chi connectivity index (χ3v) is 7.40. The Hall–Kier alpha value is -0.640. The van der Waals surface area contributed by atoms with Crippen LogP contribution in [-0.2, 0) is 14.2 Å². The number of hydrogen-bond donors (Lipinski definition) is 0. The van der Waals surface area contributed by atoms with Crippen LogP contribution < -0.4 is 0 Å². The Kier molecular flexibility index (Phi) is 5.09. The molecule has 5 aliphatic rings. The third kappa shape index (κ3) is 3.36. The monoisotopic (exact) mass is 346 g/mol. The molecular formula is C22H34O3. The maximum atomic E-state index is 5.87. The average Bonchev–Trinajstić information content (AvgIpc) is 3.27. The van der Waals surface area contributed by atoms with Crippen LogP contribution in [0.3, 0.4) is 0 Å². The van der Waals surface area contributed by atoms with Gasteiger partial charge in [-0.1, -0.05) is 38.2 Å². The summed E-state index contributed by atoms with van der Waals surface area (Å²) in [6.07, 6.45) is 14.8. The Bertz CT molecular complexity index is 482. The fourth-order valence-electron chi connectivity index (χ4n) is 5.02. The van der Waals surface area contributed by atoms with Crippen molar-refractivity contribution in [3.8, 4) is 0 Å². The van der Waals surface area contributed by atoms with E-state index in [1.54, 1.807) is 0 Å². The van der Waals surface area contributed by atoms with Crippen LogP contribution in [0, 0.1) is 34.5 Å². The summed E-state index contributed by atoms with van der Waals surface area (Å²) < 4.78 is 16.4. The van der Waals surface area contributed by atoms with Gasteiger partial charge in [-0.3, -0.25) is 0 Å². The Morgan fingerprint density at radius 1 is 0.880 bits per heavy atom. The minimum Gasteiger partial charge on any atom is -0.380 e. The van der Waals surface area contributed by atoms with E-state index in [9.17, 15) is 0 Å². The molecule has 0 N–H and O–H groups in total. The van der Waals surface area contributed by atoms with E-state index in [-0.39, 0.29) is 0 Å². The molecule has 25 heavy (non-hydrogen) atoms. The van der Waals surface area contributed by atoms with Gasteiger partial charge in [-0.05, 0) is 49.4 Å². The lowest BCUT2D eigenvalue weighted by molar-refractivity contribution is -0.187. The summed E-state index contributed by atoms with van der Waals surface area (Å²) in [5.41, 5.74) is 0.638. The highest BCUT2D eigenvalue weighted by molar-refractivity contribution is 5.21. The highest BCUT2D eigenvalue weighted by Gasteiger charge is 2.44. The lowest BCUT2D eigenvalue weighted by Gasteiger charge is -2.44. The van der Waals surface area contributed by atoms with E-state index >= 15 is 0 Å². The Labute approximate surface area is 152 Å². The van der Waals surface area contributed by atoms with Crippen LogP contribution >= 0.6 is 0 Å². The second-order valence-corrected chi connectivity index (χ2v) is 9.04. The van der Waals surface area contributed by atoms with Crippen LogP contribution in [0.5, 0.6) is 0 Å². The molecule has 0 radical (unpaired) electrons. The molecule has 140 valence electrons. The zero-order valence-corrected chi connectivity index (χ0v) is 15.9. The maximum absolute atomic E-state index is 5.87. The Balaban J connectivity index is 0.000000134. The predicted octanol–water partition coefficient (Wildman–Crippen LogP) is 4.24. The molecule has 1 saturated carbocycles. The van der Waals surface area contributed by atoms with Crippen molar-refractivity contribution in [3.05, 3.63) is 24.3 Å². The second kappa shape index (κ2) is 7.17. The van der Waals surface area contributed by atoms with Crippen LogP contribution in [0.15, 0.2) is 24.3 Å². The minimum absolute atomic E-state index is 0.319. The maximum Gasteiger partial charge on any atom is 0.0566 e. The van der Waals surface area contributed by atoms with Gasteiger partial charge in [-0.15, -0.1) is 0 Å². The Morgan fingerprint density at radius 2 is 1.48 bits per heavy atom. The molecule has 3 aliphatic carbocycles. The largest absolute Gasteiger partial charge is 0.380 e. The molecule has 0 amide bonds.